The highest BCUT2D eigenvalue weighted by molar-refractivity contribution is 5.96. The van der Waals surface area contributed by atoms with Crippen LogP contribution in [0, 0.1) is 5.92 Å². The minimum Gasteiger partial charge on any atom is -0.481 e. The number of nitrogens with zero attached hydrogens (tertiary/aromatic N) is 1. The monoisotopic (exact) mass is 555 g/mol. The van der Waals surface area contributed by atoms with Gasteiger partial charge in [0.15, 0.2) is 0 Å². The number of carboxylic acids is 2. The van der Waals surface area contributed by atoms with Crippen molar-refractivity contribution in [3.05, 3.63) is 54.2 Å². The van der Waals surface area contributed by atoms with Gasteiger partial charge in [-0.1, -0.05) is 32.0 Å². The number of aliphatic carboxylic acids is 2. The van der Waals surface area contributed by atoms with Gasteiger partial charge in [0.05, 0.1) is 18.8 Å². The number of nitrogens with one attached hydrogen (secondary N) is 5. The van der Waals surface area contributed by atoms with Gasteiger partial charge in [-0.05, 0) is 17.5 Å². The molecule has 0 fully saturated rings. The van der Waals surface area contributed by atoms with Gasteiger partial charge in [-0.25, -0.2) is 9.78 Å². The highest BCUT2D eigenvalue weighted by atomic mass is 16.4. The van der Waals surface area contributed by atoms with Crippen molar-refractivity contribution in [1.29, 1.82) is 0 Å². The molecule has 0 bridgehead atoms. The van der Waals surface area contributed by atoms with E-state index in [4.69, 9.17) is 5.73 Å². The molecule has 0 aliphatic carbocycles. The lowest BCUT2D eigenvalue weighted by molar-refractivity contribution is -0.143. The van der Waals surface area contributed by atoms with Crippen molar-refractivity contribution in [3.8, 4) is 0 Å². The van der Waals surface area contributed by atoms with Crippen molar-refractivity contribution in [1.82, 2.24) is 30.9 Å². The van der Waals surface area contributed by atoms with E-state index in [0.29, 0.717) is 11.3 Å². The molecule has 40 heavy (non-hydrogen) atoms. The SMILES string of the molecule is CC(C)C(N)C(=O)NC(CC(=O)O)C(=O)NC(Cc1c[nH]c2ccccc12)C(=O)NC(Cc1cnc[nH]1)C(=O)O. The summed E-state index contributed by atoms with van der Waals surface area (Å²) >= 11 is 0. The molecule has 4 unspecified atom stereocenters. The quantitative estimate of drug-likeness (QED) is 0.130. The van der Waals surface area contributed by atoms with Gasteiger partial charge in [0.25, 0.3) is 0 Å². The summed E-state index contributed by atoms with van der Waals surface area (Å²) in [6, 6.07) is 2.07. The molecular weight excluding hydrogens is 522 g/mol. The highest BCUT2D eigenvalue weighted by Gasteiger charge is 2.32. The first-order valence-electron chi connectivity index (χ1n) is 12.6. The predicted molar refractivity (Wildman–Crippen MR) is 143 cm³/mol. The molecule has 2 heterocycles. The molecule has 0 spiro atoms. The van der Waals surface area contributed by atoms with Crippen LogP contribution in [0.5, 0.6) is 0 Å². The van der Waals surface area contributed by atoms with E-state index in [-0.39, 0.29) is 18.8 Å². The van der Waals surface area contributed by atoms with Gasteiger partial charge < -0.3 is 41.9 Å². The Balaban J connectivity index is 1.87. The average Bonchev–Trinajstić information content (AvgIpc) is 3.56. The van der Waals surface area contributed by atoms with Crippen molar-refractivity contribution in [2.75, 3.05) is 0 Å². The molecule has 1 aromatic carbocycles. The number of H-pyrrole nitrogens is 2. The van der Waals surface area contributed by atoms with Gasteiger partial charge in [0.1, 0.15) is 18.1 Å². The number of carboxylic acid groups (broad SMARTS) is 2. The Morgan fingerprint density at radius 3 is 2.17 bits per heavy atom. The summed E-state index contributed by atoms with van der Waals surface area (Å²) in [5.74, 6) is -5.42. The number of carbonyl (C=O) groups is 5. The van der Waals surface area contributed by atoms with Gasteiger partial charge in [-0.2, -0.15) is 0 Å². The van der Waals surface area contributed by atoms with E-state index in [9.17, 15) is 34.2 Å². The number of imidazole rings is 1. The van der Waals surface area contributed by atoms with Gasteiger partial charge in [-0.15, -0.1) is 0 Å². The summed E-state index contributed by atoms with van der Waals surface area (Å²) in [6.07, 6.45) is 3.54. The zero-order valence-electron chi connectivity index (χ0n) is 22.0. The van der Waals surface area contributed by atoms with E-state index in [1.54, 1.807) is 26.1 Å². The number of fused-ring (bicyclic) bond motifs is 1. The first kappa shape index (κ1) is 29.8. The number of hydrogen-bond donors (Lipinski definition) is 8. The number of nitrogens with two attached hydrogens (primary N) is 1. The van der Waals surface area contributed by atoms with Crippen LogP contribution < -0.4 is 21.7 Å². The largest absolute Gasteiger partial charge is 0.481 e. The maximum absolute atomic E-state index is 13.4. The van der Waals surface area contributed by atoms with Gasteiger partial charge in [0, 0.05) is 41.8 Å². The Kier molecular flexibility index (Phi) is 9.97. The summed E-state index contributed by atoms with van der Waals surface area (Å²) < 4.78 is 0. The molecular formula is C26H33N7O7. The average molecular weight is 556 g/mol. The molecule has 0 aliphatic rings. The molecule has 4 atom stereocenters. The van der Waals surface area contributed by atoms with E-state index in [2.05, 4.69) is 30.9 Å². The van der Waals surface area contributed by atoms with Crippen molar-refractivity contribution in [2.24, 2.45) is 11.7 Å². The molecule has 2 aromatic heterocycles. The normalized spacial score (nSPS) is 14.2. The Morgan fingerprint density at radius 1 is 0.900 bits per heavy atom. The van der Waals surface area contributed by atoms with Gasteiger partial charge in [0.2, 0.25) is 17.7 Å². The summed E-state index contributed by atoms with van der Waals surface area (Å²) in [6.45, 7) is 3.39. The third kappa shape index (κ3) is 7.89. The van der Waals surface area contributed by atoms with E-state index in [1.165, 1.54) is 12.5 Å². The molecule has 3 aromatic rings. The van der Waals surface area contributed by atoms with Gasteiger partial charge in [-0.3, -0.25) is 19.2 Å². The van der Waals surface area contributed by atoms with Crippen molar-refractivity contribution >= 4 is 40.6 Å². The Bertz CT molecular complexity index is 1350. The van der Waals surface area contributed by atoms with Crippen LogP contribution in [-0.4, -0.2) is 79.0 Å². The van der Waals surface area contributed by atoms with Crippen LogP contribution in [0.1, 0.15) is 31.5 Å². The zero-order valence-corrected chi connectivity index (χ0v) is 22.0. The molecule has 14 nitrogen and oxygen atoms in total. The van der Waals surface area contributed by atoms with Gasteiger partial charge >= 0.3 is 11.9 Å². The van der Waals surface area contributed by atoms with Crippen LogP contribution in [0.2, 0.25) is 0 Å². The Hall–Kier alpha value is -4.72. The maximum atomic E-state index is 13.4. The minimum atomic E-state index is -1.53. The van der Waals surface area contributed by atoms with Crippen LogP contribution in [0.4, 0.5) is 0 Å². The lowest BCUT2D eigenvalue weighted by atomic mass is 10.0. The fourth-order valence-electron chi connectivity index (χ4n) is 4.05. The zero-order chi connectivity index (χ0) is 29.4. The molecule has 9 N–H and O–H groups in total. The van der Waals surface area contributed by atoms with E-state index in [0.717, 1.165) is 10.9 Å². The summed E-state index contributed by atoms with van der Waals surface area (Å²) in [5.41, 5.74) is 7.75. The number of benzene rings is 1. The number of amides is 3. The van der Waals surface area contributed by atoms with Crippen molar-refractivity contribution in [2.45, 2.75) is 57.3 Å². The van der Waals surface area contributed by atoms with E-state index < -0.39 is 60.2 Å². The molecule has 0 radical (unpaired) electrons. The number of para-hydroxylation sites is 1. The fourth-order valence-corrected chi connectivity index (χ4v) is 4.05. The van der Waals surface area contributed by atoms with E-state index in [1.807, 2.05) is 18.2 Å². The van der Waals surface area contributed by atoms with Crippen LogP contribution in [-0.2, 0) is 36.8 Å². The molecule has 214 valence electrons. The number of aromatic nitrogens is 3. The highest BCUT2D eigenvalue weighted by Crippen LogP contribution is 2.19. The predicted octanol–water partition coefficient (Wildman–Crippen LogP) is -0.327. The van der Waals surface area contributed by atoms with Crippen LogP contribution in [0.25, 0.3) is 10.9 Å². The lowest BCUT2D eigenvalue weighted by Crippen LogP contribution is -2.58. The van der Waals surface area contributed by atoms with Crippen LogP contribution in [0.15, 0.2) is 43.0 Å². The smallest absolute Gasteiger partial charge is 0.326 e. The topological polar surface area (TPSA) is 232 Å². The third-order valence-electron chi connectivity index (χ3n) is 6.36. The van der Waals surface area contributed by atoms with Crippen LogP contribution in [0.3, 0.4) is 0 Å². The summed E-state index contributed by atoms with van der Waals surface area (Å²) in [5, 5.41) is 27.1. The summed E-state index contributed by atoms with van der Waals surface area (Å²) in [4.78, 5) is 72.2. The molecule has 0 saturated carbocycles. The minimum absolute atomic E-state index is 0.0583. The fraction of sp³-hybridized carbons (Fsp3) is 0.385. The van der Waals surface area contributed by atoms with Crippen molar-refractivity contribution in [3.63, 3.8) is 0 Å². The number of hydrogen-bond acceptors (Lipinski definition) is 7. The molecule has 0 aliphatic heterocycles. The molecule has 0 saturated heterocycles. The summed E-state index contributed by atoms with van der Waals surface area (Å²) in [7, 11) is 0. The standard InChI is InChI=1S/C26H33N7O7/c1-13(2)22(27)25(38)32-19(9-21(34)35)24(37)31-18(7-14-10-29-17-6-4-3-5-16(14)17)23(36)33-20(26(39)40)8-15-11-28-12-30-15/h3-6,10-13,18-20,22,29H,7-9,27H2,1-2H3,(H,28,30)(H,31,37)(H,32,38)(H,33,36)(H,34,35)(H,39,40). The number of rotatable bonds is 14. The first-order chi connectivity index (χ1) is 19.0. The number of aromatic amines is 2. The maximum Gasteiger partial charge on any atom is 0.326 e. The Labute approximate surface area is 229 Å². The first-order valence-corrected chi connectivity index (χ1v) is 12.6. The second kappa shape index (κ2) is 13.4. The molecule has 14 heteroatoms. The number of carbonyl (C=O) groups excluding carboxylic acids is 3. The molecule has 3 amide bonds. The Morgan fingerprint density at radius 2 is 1.55 bits per heavy atom. The second-order valence-corrected chi connectivity index (χ2v) is 9.73. The molecule has 3 rings (SSSR count). The second-order valence-electron chi connectivity index (χ2n) is 9.73. The lowest BCUT2D eigenvalue weighted by Gasteiger charge is -2.25. The van der Waals surface area contributed by atoms with Crippen molar-refractivity contribution < 1.29 is 34.2 Å². The third-order valence-corrected chi connectivity index (χ3v) is 6.36. The van der Waals surface area contributed by atoms with Crippen LogP contribution >= 0.6 is 0 Å². The van der Waals surface area contributed by atoms with E-state index >= 15 is 0 Å².